The predicted octanol–water partition coefficient (Wildman–Crippen LogP) is 2.67. The number of amides is 2. The minimum atomic E-state index is -0.291. The van der Waals surface area contributed by atoms with E-state index in [0.29, 0.717) is 30.0 Å². The van der Waals surface area contributed by atoms with Crippen molar-refractivity contribution in [2.75, 3.05) is 11.9 Å². The van der Waals surface area contributed by atoms with Gasteiger partial charge in [0.1, 0.15) is 5.69 Å². The molecule has 0 aliphatic rings. The minimum absolute atomic E-state index is 0.262. The zero-order valence-corrected chi connectivity index (χ0v) is 17.2. The fourth-order valence-corrected chi connectivity index (χ4v) is 3.08. The molecule has 0 unspecified atom stereocenters. The van der Waals surface area contributed by atoms with E-state index in [9.17, 15) is 9.59 Å². The maximum atomic E-state index is 12.6. The third-order valence-corrected chi connectivity index (χ3v) is 4.59. The van der Waals surface area contributed by atoms with Gasteiger partial charge in [-0.05, 0) is 44.0 Å². The Balaban J connectivity index is 1.70. The monoisotopic (exact) mass is 394 g/mol. The summed E-state index contributed by atoms with van der Waals surface area (Å²) in [6, 6.07) is 9.38. The molecule has 0 atom stereocenters. The molecular formula is C21H26N6O2. The second kappa shape index (κ2) is 8.72. The fourth-order valence-electron chi connectivity index (χ4n) is 3.08. The number of hydrogen-bond acceptors (Lipinski definition) is 4. The van der Waals surface area contributed by atoms with Crippen molar-refractivity contribution < 1.29 is 9.59 Å². The first-order chi connectivity index (χ1) is 13.9. The van der Waals surface area contributed by atoms with Crippen LogP contribution in [0.1, 0.15) is 51.1 Å². The van der Waals surface area contributed by atoms with E-state index in [1.54, 1.807) is 19.2 Å². The summed E-state index contributed by atoms with van der Waals surface area (Å²) in [6.45, 7) is 7.17. The van der Waals surface area contributed by atoms with Crippen LogP contribution in [0, 0.1) is 13.8 Å². The summed E-state index contributed by atoms with van der Waals surface area (Å²) in [5.41, 5.74) is 4.34. The molecule has 2 aromatic heterocycles. The van der Waals surface area contributed by atoms with Gasteiger partial charge >= 0.3 is 0 Å². The zero-order chi connectivity index (χ0) is 21.0. The van der Waals surface area contributed by atoms with Crippen LogP contribution in [-0.4, -0.2) is 37.9 Å². The highest BCUT2D eigenvalue weighted by Gasteiger charge is 2.19. The lowest BCUT2D eigenvalue weighted by atomic mass is 10.1. The van der Waals surface area contributed by atoms with Crippen molar-refractivity contribution >= 4 is 17.5 Å². The summed E-state index contributed by atoms with van der Waals surface area (Å²) in [5, 5.41) is 14.1. The maximum absolute atomic E-state index is 12.6. The molecule has 3 aromatic rings. The van der Waals surface area contributed by atoms with Crippen molar-refractivity contribution in [2.45, 2.75) is 33.7 Å². The van der Waals surface area contributed by atoms with Gasteiger partial charge in [-0.15, -0.1) is 0 Å². The summed E-state index contributed by atoms with van der Waals surface area (Å²) in [7, 11) is 1.67. The molecule has 0 spiro atoms. The van der Waals surface area contributed by atoms with Gasteiger partial charge in [-0.3, -0.25) is 19.0 Å². The SMILES string of the molecule is CCCNC(=O)c1c(NC(=O)c2ccc(Cn3nc(C)cc3C)cc2)cnn1C. The highest BCUT2D eigenvalue weighted by molar-refractivity contribution is 6.08. The second-order valence-electron chi connectivity index (χ2n) is 7.02. The summed E-state index contributed by atoms with van der Waals surface area (Å²) in [4.78, 5) is 25.0. The number of hydrogen-bond donors (Lipinski definition) is 2. The third kappa shape index (κ3) is 4.71. The van der Waals surface area contributed by atoms with Crippen LogP contribution in [0.15, 0.2) is 36.5 Å². The Morgan fingerprint density at radius 1 is 1.10 bits per heavy atom. The second-order valence-corrected chi connectivity index (χ2v) is 7.02. The molecule has 0 fully saturated rings. The van der Waals surface area contributed by atoms with Crippen molar-refractivity contribution in [3.8, 4) is 0 Å². The molecule has 8 heteroatoms. The van der Waals surface area contributed by atoms with Crippen molar-refractivity contribution in [3.05, 3.63) is 64.7 Å². The molecule has 2 amide bonds. The normalized spacial score (nSPS) is 10.8. The number of carbonyl (C=O) groups excluding carboxylic acids is 2. The molecule has 3 rings (SSSR count). The number of nitrogens with zero attached hydrogens (tertiary/aromatic N) is 4. The lowest BCUT2D eigenvalue weighted by Gasteiger charge is -2.09. The molecule has 0 bridgehead atoms. The first-order valence-corrected chi connectivity index (χ1v) is 9.60. The minimum Gasteiger partial charge on any atom is -0.351 e. The van der Waals surface area contributed by atoms with Gasteiger partial charge in [0.15, 0.2) is 0 Å². The highest BCUT2D eigenvalue weighted by atomic mass is 16.2. The molecular weight excluding hydrogens is 368 g/mol. The fraction of sp³-hybridized carbons (Fsp3) is 0.333. The Hall–Kier alpha value is -3.42. The van der Waals surface area contributed by atoms with Crippen LogP contribution in [0.25, 0.3) is 0 Å². The maximum Gasteiger partial charge on any atom is 0.271 e. The number of aromatic nitrogens is 4. The van der Waals surface area contributed by atoms with Gasteiger partial charge in [0.25, 0.3) is 11.8 Å². The van der Waals surface area contributed by atoms with Crippen LogP contribution in [0.4, 0.5) is 5.69 Å². The molecule has 152 valence electrons. The smallest absolute Gasteiger partial charge is 0.271 e. The quantitative estimate of drug-likeness (QED) is 0.644. The van der Waals surface area contributed by atoms with E-state index in [1.165, 1.54) is 10.9 Å². The molecule has 0 saturated heterocycles. The van der Waals surface area contributed by atoms with Crippen LogP contribution in [0.2, 0.25) is 0 Å². The van der Waals surface area contributed by atoms with Gasteiger partial charge in [0, 0.05) is 24.8 Å². The molecule has 0 saturated carbocycles. The molecule has 0 aliphatic heterocycles. The van der Waals surface area contributed by atoms with Gasteiger partial charge in [0.2, 0.25) is 0 Å². The lowest BCUT2D eigenvalue weighted by molar-refractivity contribution is 0.0945. The van der Waals surface area contributed by atoms with Gasteiger partial charge < -0.3 is 10.6 Å². The average molecular weight is 394 g/mol. The number of benzene rings is 1. The number of rotatable bonds is 7. The van der Waals surface area contributed by atoms with Crippen LogP contribution in [-0.2, 0) is 13.6 Å². The topological polar surface area (TPSA) is 93.8 Å². The number of anilines is 1. The van der Waals surface area contributed by atoms with Crippen LogP contribution < -0.4 is 10.6 Å². The van der Waals surface area contributed by atoms with E-state index in [1.807, 2.05) is 43.7 Å². The lowest BCUT2D eigenvalue weighted by Crippen LogP contribution is -2.27. The first-order valence-electron chi connectivity index (χ1n) is 9.60. The predicted molar refractivity (Wildman–Crippen MR) is 111 cm³/mol. The molecule has 1 aromatic carbocycles. The van der Waals surface area contributed by atoms with E-state index >= 15 is 0 Å². The van der Waals surface area contributed by atoms with E-state index < -0.39 is 0 Å². The van der Waals surface area contributed by atoms with E-state index in [4.69, 9.17) is 0 Å². The number of aryl methyl sites for hydroxylation is 3. The molecule has 0 radical (unpaired) electrons. The van der Waals surface area contributed by atoms with Gasteiger partial charge in [-0.1, -0.05) is 19.1 Å². The summed E-state index contributed by atoms with van der Waals surface area (Å²) >= 11 is 0. The van der Waals surface area contributed by atoms with E-state index in [-0.39, 0.29) is 11.8 Å². The molecule has 29 heavy (non-hydrogen) atoms. The summed E-state index contributed by atoms with van der Waals surface area (Å²) < 4.78 is 3.39. The van der Waals surface area contributed by atoms with Gasteiger partial charge in [-0.2, -0.15) is 10.2 Å². The molecule has 0 aliphatic carbocycles. The average Bonchev–Trinajstić information content (AvgIpc) is 3.21. The Morgan fingerprint density at radius 2 is 1.83 bits per heavy atom. The molecule has 8 nitrogen and oxygen atoms in total. The van der Waals surface area contributed by atoms with Crippen molar-refractivity contribution in [1.29, 1.82) is 0 Å². The zero-order valence-electron chi connectivity index (χ0n) is 17.2. The van der Waals surface area contributed by atoms with Gasteiger partial charge in [0.05, 0.1) is 24.1 Å². The Morgan fingerprint density at radius 3 is 2.45 bits per heavy atom. The van der Waals surface area contributed by atoms with Crippen molar-refractivity contribution in [3.63, 3.8) is 0 Å². The largest absolute Gasteiger partial charge is 0.351 e. The number of carbonyl (C=O) groups is 2. The summed E-state index contributed by atoms with van der Waals surface area (Å²) in [6.07, 6.45) is 2.31. The summed E-state index contributed by atoms with van der Waals surface area (Å²) in [5.74, 6) is -0.553. The Labute approximate surface area is 169 Å². The van der Waals surface area contributed by atoms with E-state index in [0.717, 1.165) is 23.4 Å². The standard InChI is InChI=1S/C21H26N6O2/c1-5-10-22-21(29)19-18(12-23-26(19)4)24-20(28)17-8-6-16(7-9-17)13-27-15(3)11-14(2)25-27/h6-9,11-12H,5,10,13H2,1-4H3,(H,22,29)(H,24,28). The van der Waals surface area contributed by atoms with Crippen LogP contribution in [0.3, 0.4) is 0 Å². The molecule has 2 heterocycles. The van der Waals surface area contributed by atoms with Crippen molar-refractivity contribution in [2.24, 2.45) is 7.05 Å². The third-order valence-electron chi connectivity index (χ3n) is 4.59. The van der Waals surface area contributed by atoms with Crippen molar-refractivity contribution in [1.82, 2.24) is 24.9 Å². The van der Waals surface area contributed by atoms with Crippen LogP contribution in [0.5, 0.6) is 0 Å². The molecule has 2 N–H and O–H groups in total. The highest BCUT2D eigenvalue weighted by Crippen LogP contribution is 2.16. The van der Waals surface area contributed by atoms with E-state index in [2.05, 4.69) is 20.8 Å². The number of nitrogens with one attached hydrogen (secondary N) is 2. The van der Waals surface area contributed by atoms with Crippen LogP contribution >= 0.6 is 0 Å². The van der Waals surface area contributed by atoms with Gasteiger partial charge in [-0.25, -0.2) is 0 Å². The first kappa shape index (κ1) is 20.3. The Kier molecular flexibility index (Phi) is 6.11. The Bertz CT molecular complexity index is 1020.